The summed E-state index contributed by atoms with van der Waals surface area (Å²) in [6.07, 6.45) is 0. The standard InChI is InChI=1S/C67H42N2OS/c1-5-21-43(22-6-1)44-37-39-48(40-38-44)69(47-27-11-4-12-28-47)58-42-55-63(62-51-31-15-19-35-59(51)70-65(58)62)64-56(67(55)53-33-17-13-29-49(53)50-30-14-18-34-54(50)67)41-57(61-52-32-16-20-36-60(52)71-66(61)64)68(45-23-7-2-8-24-45)46-25-9-3-10-26-46/h1-42H. The third kappa shape index (κ3) is 5.71. The van der Waals surface area contributed by atoms with E-state index in [-0.39, 0.29) is 0 Å². The average molecular weight is 923 g/mol. The molecule has 0 atom stereocenters. The molecule has 4 heteroatoms. The van der Waals surface area contributed by atoms with Crippen molar-refractivity contribution in [2.45, 2.75) is 5.41 Å². The van der Waals surface area contributed by atoms with Crippen molar-refractivity contribution in [1.29, 1.82) is 0 Å². The van der Waals surface area contributed by atoms with E-state index in [0.717, 1.165) is 56.1 Å². The fourth-order valence-electron chi connectivity index (χ4n) is 12.2. The Morgan fingerprint density at radius 1 is 0.352 bits per heavy atom. The highest BCUT2D eigenvalue weighted by Gasteiger charge is 2.54. The van der Waals surface area contributed by atoms with Gasteiger partial charge in [0.1, 0.15) is 5.58 Å². The minimum absolute atomic E-state index is 0.711. The third-order valence-corrected chi connectivity index (χ3v) is 16.2. The SMILES string of the molecule is c1ccc(-c2ccc(N(c3ccccc3)c3cc4c(c5c3oc3ccccc35)-c3c(cc(N(c5ccccc5)c5ccccc5)c5c3sc3ccccc35)C43c4ccccc4-c4ccccc43)cc2)cc1. The Morgan fingerprint density at radius 3 is 1.45 bits per heavy atom. The van der Waals surface area contributed by atoms with E-state index in [2.05, 4.69) is 265 Å². The summed E-state index contributed by atoms with van der Waals surface area (Å²) in [4.78, 5) is 4.89. The number of hydrogen-bond acceptors (Lipinski definition) is 4. The van der Waals surface area contributed by atoms with Crippen molar-refractivity contribution < 1.29 is 4.42 Å². The van der Waals surface area contributed by atoms with Crippen molar-refractivity contribution >= 4 is 87.6 Å². The topological polar surface area (TPSA) is 19.6 Å². The van der Waals surface area contributed by atoms with Crippen LogP contribution in [0.5, 0.6) is 0 Å². The minimum Gasteiger partial charge on any atom is -0.454 e. The first-order valence-electron chi connectivity index (χ1n) is 24.3. The van der Waals surface area contributed by atoms with Gasteiger partial charge in [0.15, 0.2) is 5.58 Å². The van der Waals surface area contributed by atoms with Gasteiger partial charge in [-0.25, -0.2) is 0 Å². The van der Waals surface area contributed by atoms with Crippen molar-refractivity contribution in [2.75, 3.05) is 9.80 Å². The Morgan fingerprint density at radius 2 is 0.817 bits per heavy atom. The molecule has 13 aromatic rings. The molecular formula is C67H42N2OS. The Balaban J connectivity index is 1.13. The van der Waals surface area contributed by atoms with Crippen LogP contribution in [0, 0.1) is 0 Å². The molecule has 1 spiro atoms. The molecular weight excluding hydrogens is 881 g/mol. The summed E-state index contributed by atoms with van der Waals surface area (Å²) >= 11 is 1.91. The van der Waals surface area contributed by atoms with Crippen LogP contribution in [-0.4, -0.2) is 0 Å². The molecule has 2 heterocycles. The predicted octanol–water partition coefficient (Wildman–Crippen LogP) is 18.9. The van der Waals surface area contributed by atoms with Gasteiger partial charge in [0.25, 0.3) is 0 Å². The molecule has 0 saturated heterocycles. The van der Waals surface area contributed by atoms with E-state index in [1.54, 1.807) is 0 Å². The molecule has 2 aromatic heterocycles. The number of hydrogen-bond donors (Lipinski definition) is 0. The Kier molecular flexibility index (Phi) is 8.74. The summed E-state index contributed by atoms with van der Waals surface area (Å²) in [5.74, 6) is 0. The minimum atomic E-state index is -0.711. The average Bonchev–Trinajstić information content (AvgIpc) is 4.19. The Hall–Kier alpha value is -8.96. The largest absolute Gasteiger partial charge is 0.454 e. The second-order valence-corrected chi connectivity index (χ2v) is 19.7. The lowest BCUT2D eigenvalue weighted by molar-refractivity contribution is 0.668. The van der Waals surface area contributed by atoms with Crippen LogP contribution in [0.15, 0.2) is 259 Å². The van der Waals surface area contributed by atoms with Crippen LogP contribution in [0.1, 0.15) is 22.3 Å². The first kappa shape index (κ1) is 40.0. The highest BCUT2D eigenvalue weighted by atomic mass is 32.1. The molecule has 0 N–H and O–H groups in total. The number of furan rings is 1. The molecule has 2 aliphatic carbocycles. The quantitative estimate of drug-likeness (QED) is 0.159. The number of nitrogens with zero attached hydrogens (tertiary/aromatic N) is 2. The summed E-state index contributed by atoms with van der Waals surface area (Å²) in [5.41, 5.74) is 19.9. The van der Waals surface area contributed by atoms with Gasteiger partial charge in [0.2, 0.25) is 0 Å². The molecule has 0 saturated carbocycles. The zero-order valence-corrected chi connectivity index (χ0v) is 39.3. The van der Waals surface area contributed by atoms with E-state index in [1.807, 2.05) is 11.3 Å². The summed E-state index contributed by atoms with van der Waals surface area (Å²) in [6.45, 7) is 0. The normalized spacial score (nSPS) is 12.9. The molecule has 0 unspecified atom stereocenters. The molecule has 0 fully saturated rings. The Labute approximate surface area is 415 Å². The summed E-state index contributed by atoms with van der Waals surface area (Å²) < 4.78 is 9.86. The van der Waals surface area contributed by atoms with E-state index in [1.165, 1.54) is 75.8 Å². The smallest absolute Gasteiger partial charge is 0.160 e. The van der Waals surface area contributed by atoms with Gasteiger partial charge in [-0.1, -0.05) is 182 Å². The highest BCUT2D eigenvalue weighted by Crippen LogP contribution is 2.68. The first-order chi connectivity index (χ1) is 35.3. The zero-order chi connectivity index (χ0) is 46.6. The molecule has 71 heavy (non-hydrogen) atoms. The van der Waals surface area contributed by atoms with E-state index < -0.39 is 5.41 Å². The monoisotopic (exact) mass is 922 g/mol. The van der Waals surface area contributed by atoms with Crippen molar-refractivity contribution in [3.63, 3.8) is 0 Å². The maximum absolute atomic E-state index is 7.33. The molecule has 0 amide bonds. The van der Waals surface area contributed by atoms with Crippen molar-refractivity contribution in [2.24, 2.45) is 0 Å². The van der Waals surface area contributed by atoms with Gasteiger partial charge >= 0.3 is 0 Å². The Bertz CT molecular complexity index is 4130. The number of para-hydroxylation sites is 4. The van der Waals surface area contributed by atoms with E-state index in [4.69, 9.17) is 4.42 Å². The van der Waals surface area contributed by atoms with Crippen molar-refractivity contribution in [1.82, 2.24) is 0 Å². The van der Waals surface area contributed by atoms with Crippen LogP contribution >= 0.6 is 11.3 Å². The lowest BCUT2D eigenvalue weighted by Gasteiger charge is -2.33. The van der Waals surface area contributed by atoms with Crippen LogP contribution in [-0.2, 0) is 5.41 Å². The summed E-state index contributed by atoms with van der Waals surface area (Å²) in [7, 11) is 0. The lowest BCUT2D eigenvalue weighted by Crippen LogP contribution is -2.26. The lowest BCUT2D eigenvalue weighted by atomic mass is 9.70. The molecule has 2 aliphatic rings. The van der Waals surface area contributed by atoms with Crippen LogP contribution in [0.2, 0.25) is 0 Å². The van der Waals surface area contributed by atoms with Gasteiger partial charge in [0.05, 0.1) is 16.8 Å². The molecule has 332 valence electrons. The molecule has 0 bridgehead atoms. The number of rotatable bonds is 7. The third-order valence-electron chi connectivity index (χ3n) is 15.0. The van der Waals surface area contributed by atoms with Gasteiger partial charge in [-0.15, -0.1) is 11.3 Å². The van der Waals surface area contributed by atoms with Crippen LogP contribution < -0.4 is 9.80 Å². The zero-order valence-electron chi connectivity index (χ0n) is 38.5. The molecule has 15 rings (SSSR count). The van der Waals surface area contributed by atoms with Gasteiger partial charge in [-0.05, 0) is 117 Å². The number of thiophene rings is 1. The predicted molar refractivity (Wildman–Crippen MR) is 298 cm³/mol. The van der Waals surface area contributed by atoms with Gasteiger partial charge in [-0.3, -0.25) is 0 Å². The van der Waals surface area contributed by atoms with E-state index >= 15 is 0 Å². The van der Waals surface area contributed by atoms with Crippen LogP contribution in [0.4, 0.5) is 34.1 Å². The van der Waals surface area contributed by atoms with Crippen molar-refractivity contribution in [3.05, 3.63) is 277 Å². The number of fused-ring (bicyclic) bond motifs is 18. The summed E-state index contributed by atoms with van der Waals surface area (Å²) in [5, 5.41) is 4.72. The molecule has 0 aliphatic heterocycles. The first-order valence-corrected chi connectivity index (χ1v) is 25.2. The fourth-order valence-corrected chi connectivity index (χ4v) is 13.5. The second-order valence-electron chi connectivity index (χ2n) is 18.7. The van der Waals surface area contributed by atoms with Crippen LogP contribution in [0.25, 0.3) is 75.5 Å². The fraction of sp³-hybridized carbons (Fsp3) is 0.0149. The van der Waals surface area contributed by atoms with E-state index in [9.17, 15) is 0 Å². The molecule has 0 radical (unpaired) electrons. The van der Waals surface area contributed by atoms with Gasteiger partial charge in [0, 0.05) is 64.8 Å². The maximum Gasteiger partial charge on any atom is 0.160 e. The van der Waals surface area contributed by atoms with Gasteiger partial charge < -0.3 is 14.2 Å². The maximum atomic E-state index is 7.33. The van der Waals surface area contributed by atoms with Gasteiger partial charge in [-0.2, -0.15) is 0 Å². The van der Waals surface area contributed by atoms with E-state index in [0.29, 0.717) is 0 Å². The highest BCUT2D eigenvalue weighted by molar-refractivity contribution is 7.26. The van der Waals surface area contributed by atoms with Crippen LogP contribution in [0.3, 0.4) is 0 Å². The molecule has 11 aromatic carbocycles. The number of anilines is 6. The second kappa shape index (κ2) is 15.5. The molecule has 3 nitrogen and oxygen atoms in total. The number of benzene rings is 11. The van der Waals surface area contributed by atoms with Crippen molar-refractivity contribution in [3.8, 4) is 33.4 Å². The summed E-state index contributed by atoms with van der Waals surface area (Å²) in [6, 6.07) is 93.2.